The SMILES string of the molecule is O=C(C1CCO1)N1CC2(CC2)C(NS(=O)(=O)C2CC2)C1Cc1cccc(C2=CCCC=C2)c1. The average Bonchev–Trinajstić information content (AvgIpc) is 3.69. The molecule has 6 nitrogen and oxygen atoms in total. The fourth-order valence-electron chi connectivity index (χ4n) is 5.66. The summed E-state index contributed by atoms with van der Waals surface area (Å²) in [4.78, 5) is 15.3. The van der Waals surface area contributed by atoms with Crippen molar-refractivity contribution < 1.29 is 17.9 Å². The van der Waals surface area contributed by atoms with Crippen molar-refractivity contribution in [2.24, 2.45) is 5.41 Å². The van der Waals surface area contributed by atoms with E-state index in [0.717, 1.165) is 50.5 Å². The number of allylic oxidation sites excluding steroid dienone is 4. The summed E-state index contributed by atoms with van der Waals surface area (Å²) in [6.07, 6.45) is 13.2. The second-order valence-corrected chi connectivity index (χ2v) is 12.4. The van der Waals surface area contributed by atoms with Crippen LogP contribution in [-0.4, -0.2) is 55.8 Å². The number of carbonyl (C=O) groups is 1. The van der Waals surface area contributed by atoms with Gasteiger partial charge in [0.15, 0.2) is 0 Å². The van der Waals surface area contributed by atoms with Crippen LogP contribution in [0.5, 0.6) is 0 Å². The summed E-state index contributed by atoms with van der Waals surface area (Å²) in [5, 5.41) is -0.262. The van der Waals surface area contributed by atoms with E-state index >= 15 is 0 Å². The predicted octanol–water partition coefficient (Wildman–Crippen LogP) is 3.19. The highest BCUT2D eigenvalue weighted by Gasteiger charge is 2.62. The molecule has 3 aliphatic carbocycles. The lowest BCUT2D eigenvalue weighted by Gasteiger charge is -2.34. The molecule has 5 aliphatic rings. The molecule has 1 amide bonds. The molecule has 2 aliphatic heterocycles. The monoisotopic (exact) mass is 468 g/mol. The standard InChI is InChI=1S/C26H32N2O4S/c29-25(23-11-14-32-23)28-17-26(12-13-26)24(27-33(30,31)21-9-10-21)22(28)16-18-5-4-8-20(15-18)19-6-2-1-3-7-19/h2,4-8,15,21-24,27H,1,3,9-14,16-17H2. The van der Waals surface area contributed by atoms with E-state index in [0.29, 0.717) is 19.6 Å². The minimum Gasteiger partial charge on any atom is -0.368 e. The Bertz CT molecular complexity index is 1110. The fraction of sp³-hybridized carbons (Fsp3) is 0.577. The summed E-state index contributed by atoms with van der Waals surface area (Å²) < 4.78 is 34.5. The number of nitrogens with one attached hydrogen (secondary N) is 1. The Hall–Kier alpha value is -1.96. The number of nitrogens with zero attached hydrogens (tertiary/aromatic N) is 1. The number of benzene rings is 1. The van der Waals surface area contributed by atoms with Crippen molar-refractivity contribution >= 4 is 21.5 Å². The van der Waals surface area contributed by atoms with Gasteiger partial charge < -0.3 is 9.64 Å². The van der Waals surface area contributed by atoms with Gasteiger partial charge in [0, 0.05) is 24.4 Å². The summed E-state index contributed by atoms with van der Waals surface area (Å²) >= 11 is 0. The van der Waals surface area contributed by atoms with Gasteiger partial charge in [-0.05, 0) is 61.6 Å². The molecule has 7 heteroatoms. The van der Waals surface area contributed by atoms with Crippen molar-refractivity contribution in [1.29, 1.82) is 0 Å². The first-order valence-corrected chi connectivity index (χ1v) is 13.9. The minimum absolute atomic E-state index is 0.0275. The van der Waals surface area contributed by atoms with E-state index < -0.39 is 10.0 Å². The van der Waals surface area contributed by atoms with E-state index in [-0.39, 0.29) is 34.8 Å². The third-order valence-corrected chi connectivity index (χ3v) is 9.97. The quantitative estimate of drug-likeness (QED) is 0.667. The number of sulfonamides is 1. The van der Waals surface area contributed by atoms with Crippen LogP contribution in [0.25, 0.3) is 5.57 Å². The van der Waals surface area contributed by atoms with Crippen LogP contribution in [-0.2, 0) is 26.0 Å². The number of likely N-dealkylation sites (tertiary alicyclic amines) is 1. The maximum absolute atomic E-state index is 13.3. The van der Waals surface area contributed by atoms with Crippen molar-refractivity contribution in [1.82, 2.24) is 9.62 Å². The second kappa shape index (κ2) is 8.07. The zero-order chi connectivity index (χ0) is 22.6. The van der Waals surface area contributed by atoms with Crippen LogP contribution >= 0.6 is 0 Å². The molecule has 0 radical (unpaired) electrons. The molecule has 0 bridgehead atoms. The van der Waals surface area contributed by atoms with Crippen LogP contribution in [0.3, 0.4) is 0 Å². The Morgan fingerprint density at radius 1 is 1.18 bits per heavy atom. The molecule has 33 heavy (non-hydrogen) atoms. The number of ether oxygens (including phenoxy) is 1. The van der Waals surface area contributed by atoms with Gasteiger partial charge in [-0.3, -0.25) is 4.79 Å². The molecule has 0 aromatic heterocycles. The molecule has 176 valence electrons. The average molecular weight is 469 g/mol. The zero-order valence-electron chi connectivity index (χ0n) is 18.9. The molecular formula is C26H32N2O4S. The Kier molecular flexibility index (Phi) is 5.27. The van der Waals surface area contributed by atoms with Gasteiger partial charge in [-0.15, -0.1) is 0 Å². The maximum atomic E-state index is 13.3. The molecule has 3 unspecified atom stereocenters. The highest BCUT2D eigenvalue weighted by Crippen LogP contribution is 2.56. The zero-order valence-corrected chi connectivity index (χ0v) is 19.7. The van der Waals surface area contributed by atoms with Crippen LogP contribution in [0, 0.1) is 5.41 Å². The molecule has 1 spiro atoms. The summed E-state index contributed by atoms with van der Waals surface area (Å²) in [5.74, 6) is 0.0275. The normalized spacial score (nSPS) is 30.2. The summed E-state index contributed by atoms with van der Waals surface area (Å²) in [5.41, 5.74) is 3.42. The van der Waals surface area contributed by atoms with Crippen LogP contribution in [0.15, 0.2) is 42.5 Å². The summed E-state index contributed by atoms with van der Waals surface area (Å²) in [6, 6.07) is 8.08. The van der Waals surface area contributed by atoms with Gasteiger partial charge in [0.25, 0.3) is 5.91 Å². The Balaban J connectivity index is 1.31. The van der Waals surface area contributed by atoms with Gasteiger partial charge in [0.2, 0.25) is 10.0 Å². The van der Waals surface area contributed by atoms with E-state index in [2.05, 4.69) is 47.2 Å². The van der Waals surface area contributed by atoms with Crippen LogP contribution < -0.4 is 4.72 Å². The molecule has 3 atom stereocenters. The lowest BCUT2D eigenvalue weighted by molar-refractivity contribution is -0.157. The number of amides is 1. The molecule has 2 saturated carbocycles. The van der Waals surface area contributed by atoms with Crippen molar-refractivity contribution in [2.45, 2.75) is 74.8 Å². The van der Waals surface area contributed by atoms with Gasteiger partial charge in [0.05, 0.1) is 17.9 Å². The smallest absolute Gasteiger partial charge is 0.252 e. The fourth-order valence-corrected chi connectivity index (χ4v) is 7.37. The topological polar surface area (TPSA) is 75.7 Å². The van der Waals surface area contributed by atoms with E-state index in [1.807, 2.05) is 4.90 Å². The van der Waals surface area contributed by atoms with Gasteiger partial charge >= 0.3 is 0 Å². The Morgan fingerprint density at radius 3 is 2.64 bits per heavy atom. The largest absolute Gasteiger partial charge is 0.368 e. The van der Waals surface area contributed by atoms with E-state index in [1.165, 1.54) is 11.1 Å². The predicted molar refractivity (Wildman–Crippen MR) is 127 cm³/mol. The van der Waals surface area contributed by atoms with Gasteiger partial charge in [-0.25, -0.2) is 13.1 Å². The lowest BCUT2D eigenvalue weighted by atomic mass is 9.91. The van der Waals surface area contributed by atoms with Crippen LogP contribution in [0.1, 0.15) is 56.1 Å². The van der Waals surface area contributed by atoms with E-state index in [9.17, 15) is 13.2 Å². The van der Waals surface area contributed by atoms with Crippen LogP contribution in [0.4, 0.5) is 0 Å². The van der Waals surface area contributed by atoms with Crippen molar-refractivity contribution in [3.8, 4) is 0 Å². The first-order chi connectivity index (χ1) is 16.0. The molecule has 1 aromatic carbocycles. The number of rotatable bonds is 7. The third kappa shape index (κ3) is 4.08. The van der Waals surface area contributed by atoms with Gasteiger partial charge in [-0.2, -0.15) is 0 Å². The van der Waals surface area contributed by atoms with Crippen molar-refractivity contribution in [3.63, 3.8) is 0 Å². The number of hydrogen-bond donors (Lipinski definition) is 1. The lowest BCUT2D eigenvalue weighted by Crippen LogP contribution is -2.53. The van der Waals surface area contributed by atoms with Gasteiger partial charge in [0.1, 0.15) is 6.10 Å². The summed E-state index contributed by atoms with van der Waals surface area (Å²) in [6.45, 7) is 1.25. The first kappa shape index (κ1) is 21.6. The van der Waals surface area contributed by atoms with E-state index in [4.69, 9.17) is 4.74 Å². The highest BCUT2D eigenvalue weighted by molar-refractivity contribution is 7.90. The van der Waals surface area contributed by atoms with E-state index in [1.54, 1.807) is 0 Å². The minimum atomic E-state index is -3.35. The second-order valence-electron chi connectivity index (χ2n) is 10.4. The molecule has 2 heterocycles. The molecular weight excluding hydrogens is 436 g/mol. The highest BCUT2D eigenvalue weighted by atomic mass is 32.2. The van der Waals surface area contributed by atoms with Gasteiger partial charge in [-0.1, -0.05) is 42.5 Å². The molecule has 2 saturated heterocycles. The molecule has 1 aromatic rings. The number of hydrogen-bond acceptors (Lipinski definition) is 4. The molecule has 1 N–H and O–H groups in total. The Labute approximate surface area is 196 Å². The third-order valence-electron chi connectivity index (χ3n) is 8.03. The Morgan fingerprint density at radius 2 is 2.00 bits per heavy atom. The first-order valence-electron chi connectivity index (χ1n) is 12.3. The molecule has 6 rings (SSSR count). The number of carbonyl (C=O) groups excluding carboxylic acids is 1. The summed E-state index contributed by atoms with van der Waals surface area (Å²) in [7, 11) is -3.35. The van der Waals surface area contributed by atoms with Crippen molar-refractivity contribution in [3.05, 3.63) is 53.6 Å². The maximum Gasteiger partial charge on any atom is 0.252 e. The van der Waals surface area contributed by atoms with Crippen LogP contribution in [0.2, 0.25) is 0 Å². The molecule has 4 fully saturated rings. The van der Waals surface area contributed by atoms with Crippen molar-refractivity contribution in [2.75, 3.05) is 13.2 Å².